The molecule has 1 saturated carbocycles. The molecule has 1 aromatic rings. The van der Waals surface area contributed by atoms with Gasteiger partial charge in [0.1, 0.15) is 0 Å². The molecule has 2 nitrogen and oxygen atoms in total. The van der Waals surface area contributed by atoms with E-state index in [0.717, 1.165) is 23.7 Å². The van der Waals surface area contributed by atoms with Gasteiger partial charge in [-0.1, -0.05) is 15.9 Å². The lowest BCUT2D eigenvalue weighted by Crippen LogP contribution is -2.07. The summed E-state index contributed by atoms with van der Waals surface area (Å²) in [7, 11) is 0. The summed E-state index contributed by atoms with van der Waals surface area (Å²) in [6, 6.07) is 4.09. The van der Waals surface area contributed by atoms with Gasteiger partial charge in [-0.25, -0.2) is 0 Å². The van der Waals surface area contributed by atoms with Crippen LogP contribution in [0.4, 0.5) is 0 Å². The van der Waals surface area contributed by atoms with Gasteiger partial charge < -0.3 is 0 Å². The Morgan fingerprint density at radius 1 is 1.46 bits per heavy atom. The van der Waals surface area contributed by atoms with Gasteiger partial charge in [0, 0.05) is 11.2 Å². The van der Waals surface area contributed by atoms with Crippen LogP contribution in [0.3, 0.4) is 0 Å². The number of alkyl halides is 1. The fourth-order valence-corrected chi connectivity index (χ4v) is 2.22. The molecule has 1 heterocycles. The van der Waals surface area contributed by atoms with Crippen LogP contribution in [-0.2, 0) is 6.42 Å². The van der Waals surface area contributed by atoms with Crippen molar-refractivity contribution in [2.75, 3.05) is 0 Å². The summed E-state index contributed by atoms with van der Waals surface area (Å²) in [4.78, 5) is 0.601. The molecule has 0 aromatic carbocycles. The van der Waals surface area contributed by atoms with E-state index in [2.05, 4.69) is 32.2 Å². The molecule has 70 valence electrons. The molecule has 1 aliphatic rings. The Morgan fingerprint density at radius 3 is 2.77 bits per heavy atom. The first kappa shape index (κ1) is 9.13. The van der Waals surface area contributed by atoms with Crippen molar-refractivity contribution in [1.82, 2.24) is 10.2 Å². The Balaban J connectivity index is 1.96. The lowest BCUT2D eigenvalue weighted by Gasteiger charge is -2.06. The zero-order valence-corrected chi connectivity index (χ0v) is 9.29. The number of aryl methyl sites for hydroxylation is 1. The van der Waals surface area contributed by atoms with Gasteiger partial charge in [0.05, 0.1) is 11.4 Å². The molecule has 1 aromatic heterocycles. The number of halogens is 1. The Morgan fingerprint density at radius 2 is 2.23 bits per heavy atom. The fraction of sp³-hybridized carbons (Fsp3) is 0.600. The summed E-state index contributed by atoms with van der Waals surface area (Å²) >= 11 is 3.69. The molecule has 0 amide bonds. The summed E-state index contributed by atoms with van der Waals surface area (Å²) in [6.07, 6.45) is 3.75. The molecule has 0 saturated heterocycles. The zero-order chi connectivity index (χ0) is 9.26. The van der Waals surface area contributed by atoms with E-state index in [4.69, 9.17) is 0 Å². The van der Waals surface area contributed by atoms with Crippen LogP contribution in [0, 0.1) is 12.8 Å². The van der Waals surface area contributed by atoms with Crippen molar-refractivity contribution in [2.45, 2.75) is 31.0 Å². The number of hydrogen-bond donors (Lipinski definition) is 0. The van der Waals surface area contributed by atoms with Crippen LogP contribution >= 0.6 is 15.9 Å². The van der Waals surface area contributed by atoms with Crippen molar-refractivity contribution < 1.29 is 0 Å². The molecular formula is C10H13BrN2. The number of hydrogen-bond acceptors (Lipinski definition) is 2. The smallest absolute Gasteiger partial charge is 0.0642 e. The standard InChI is InChI=1S/C10H13BrN2/c1-7-2-5-9(13-12-7)6-10(11)8-3-4-8/h2,5,8,10H,3-4,6H2,1H3. The highest BCUT2D eigenvalue weighted by Gasteiger charge is 2.29. The van der Waals surface area contributed by atoms with E-state index in [0.29, 0.717) is 4.83 Å². The van der Waals surface area contributed by atoms with Gasteiger partial charge in [-0.2, -0.15) is 10.2 Å². The predicted octanol–water partition coefficient (Wildman–Crippen LogP) is 2.50. The average molecular weight is 241 g/mol. The molecule has 13 heavy (non-hydrogen) atoms. The lowest BCUT2D eigenvalue weighted by molar-refractivity contribution is 0.731. The van der Waals surface area contributed by atoms with Crippen LogP contribution in [0.25, 0.3) is 0 Å². The van der Waals surface area contributed by atoms with Gasteiger partial charge >= 0.3 is 0 Å². The van der Waals surface area contributed by atoms with E-state index in [1.54, 1.807) is 0 Å². The molecule has 1 fully saturated rings. The van der Waals surface area contributed by atoms with E-state index in [-0.39, 0.29) is 0 Å². The third-order valence-electron chi connectivity index (χ3n) is 2.39. The molecule has 2 rings (SSSR count). The van der Waals surface area contributed by atoms with E-state index >= 15 is 0 Å². The molecule has 1 unspecified atom stereocenters. The number of rotatable bonds is 3. The second-order valence-corrected chi connectivity index (χ2v) is 4.90. The normalized spacial score (nSPS) is 18.6. The minimum absolute atomic E-state index is 0.601. The first-order valence-electron chi connectivity index (χ1n) is 4.69. The maximum absolute atomic E-state index is 4.15. The molecule has 0 radical (unpaired) electrons. The first-order valence-corrected chi connectivity index (χ1v) is 5.60. The van der Waals surface area contributed by atoms with Crippen molar-refractivity contribution in [2.24, 2.45) is 5.92 Å². The molecular weight excluding hydrogens is 228 g/mol. The van der Waals surface area contributed by atoms with Gasteiger partial charge in [0.2, 0.25) is 0 Å². The van der Waals surface area contributed by atoms with Crippen molar-refractivity contribution in [1.29, 1.82) is 0 Å². The van der Waals surface area contributed by atoms with Crippen LogP contribution in [0.15, 0.2) is 12.1 Å². The minimum atomic E-state index is 0.601. The topological polar surface area (TPSA) is 25.8 Å². The Hall–Kier alpha value is -0.440. The molecule has 0 spiro atoms. The largest absolute Gasteiger partial charge is 0.156 e. The summed E-state index contributed by atoms with van der Waals surface area (Å²) in [5.74, 6) is 0.878. The monoisotopic (exact) mass is 240 g/mol. The molecule has 3 heteroatoms. The van der Waals surface area contributed by atoms with E-state index in [1.807, 2.05) is 13.0 Å². The minimum Gasteiger partial charge on any atom is -0.156 e. The SMILES string of the molecule is Cc1ccc(CC(Br)C2CC2)nn1. The summed E-state index contributed by atoms with van der Waals surface area (Å²) < 4.78 is 0. The van der Waals surface area contributed by atoms with Crippen LogP contribution in [-0.4, -0.2) is 15.0 Å². The Bertz CT molecular complexity index is 279. The van der Waals surface area contributed by atoms with Gasteiger partial charge in [0.25, 0.3) is 0 Å². The first-order chi connectivity index (χ1) is 6.25. The zero-order valence-electron chi connectivity index (χ0n) is 7.70. The molecule has 0 aliphatic heterocycles. The molecule has 1 aliphatic carbocycles. The van der Waals surface area contributed by atoms with Gasteiger partial charge in [-0.05, 0) is 37.8 Å². The third-order valence-corrected chi connectivity index (χ3v) is 3.46. The second-order valence-electron chi connectivity index (χ2n) is 3.72. The van der Waals surface area contributed by atoms with Crippen molar-refractivity contribution in [3.05, 3.63) is 23.5 Å². The number of aromatic nitrogens is 2. The highest BCUT2D eigenvalue weighted by molar-refractivity contribution is 9.09. The van der Waals surface area contributed by atoms with E-state index in [9.17, 15) is 0 Å². The fourth-order valence-electron chi connectivity index (χ4n) is 1.36. The van der Waals surface area contributed by atoms with Gasteiger partial charge in [-0.15, -0.1) is 0 Å². The van der Waals surface area contributed by atoms with Gasteiger partial charge in [-0.3, -0.25) is 0 Å². The molecule has 1 atom stereocenters. The summed E-state index contributed by atoms with van der Waals surface area (Å²) in [6.45, 7) is 1.96. The van der Waals surface area contributed by atoms with Crippen molar-refractivity contribution in [3.8, 4) is 0 Å². The Labute approximate surface area is 86.9 Å². The molecule has 0 bridgehead atoms. The van der Waals surface area contributed by atoms with Crippen LogP contribution < -0.4 is 0 Å². The van der Waals surface area contributed by atoms with E-state index in [1.165, 1.54) is 12.8 Å². The Kier molecular flexibility index (Phi) is 2.63. The van der Waals surface area contributed by atoms with Crippen LogP contribution in [0.2, 0.25) is 0 Å². The second kappa shape index (κ2) is 3.74. The summed E-state index contributed by atoms with van der Waals surface area (Å²) in [5, 5.41) is 8.19. The quantitative estimate of drug-likeness (QED) is 0.760. The van der Waals surface area contributed by atoms with Crippen LogP contribution in [0.1, 0.15) is 24.2 Å². The average Bonchev–Trinajstić information content (AvgIpc) is 2.91. The highest BCUT2D eigenvalue weighted by atomic mass is 79.9. The third kappa shape index (κ3) is 2.50. The highest BCUT2D eigenvalue weighted by Crippen LogP contribution is 2.37. The maximum Gasteiger partial charge on any atom is 0.0642 e. The summed E-state index contributed by atoms with van der Waals surface area (Å²) in [5.41, 5.74) is 2.08. The number of nitrogens with zero attached hydrogens (tertiary/aromatic N) is 2. The van der Waals surface area contributed by atoms with Crippen molar-refractivity contribution in [3.63, 3.8) is 0 Å². The molecule has 0 N–H and O–H groups in total. The van der Waals surface area contributed by atoms with Crippen molar-refractivity contribution >= 4 is 15.9 Å². The lowest BCUT2D eigenvalue weighted by atomic mass is 10.1. The van der Waals surface area contributed by atoms with Crippen LogP contribution in [0.5, 0.6) is 0 Å². The van der Waals surface area contributed by atoms with E-state index < -0.39 is 0 Å². The predicted molar refractivity (Wildman–Crippen MR) is 55.9 cm³/mol. The maximum atomic E-state index is 4.15. The van der Waals surface area contributed by atoms with Gasteiger partial charge in [0.15, 0.2) is 0 Å².